The molecule has 0 aliphatic heterocycles. The van der Waals surface area contributed by atoms with Crippen LogP contribution in [0.2, 0.25) is 0 Å². The van der Waals surface area contributed by atoms with Crippen LogP contribution in [0.1, 0.15) is 52.8 Å². The molecule has 2 heterocycles. The molecule has 0 saturated carbocycles. The number of hydrogen-bond donors (Lipinski definition) is 0. The zero-order valence-electron chi connectivity index (χ0n) is 13.3. The van der Waals surface area contributed by atoms with Crippen LogP contribution < -0.4 is 0 Å². The fourth-order valence-corrected chi connectivity index (χ4v) is 1.42. The number of hydrogen-bond acceptors (Lipinski definition) is 4. The molecule has 0 aliphatic rings. The summed E-state index contributed by atoms with van der Waals surface area (Å²) < 4.78 is 0. The fourth-order valence-electron chi connectivity index (χ4n) is 1.42. The van der Waals surface area contributed by atoms with E-state index in [-0.39, 0.29) is 10.8 Å². The van der Waals surface area contributed by atoms with Crippen LogP contribution in [-0.4, -0.2) is 19.9 Å². The maximum Gasteiger partial charge on any atom is 0.115 e. The zero-order valence-corrected chi connectivity index (χ0v) is 13.3. The van der Waals surface area contributed by atoms with Gasteiger partial charge in [0.15, 0.2) is 0 Å². The van der Waals surface area contributed by atoms with Crippen LogP contribution in [-0.2, 0) is 10.8 Å². The first-order valence-corrected chi connectivity index (χ1v) is 6.73. The first-order chi connectivity index (χ1) is 9.21. The summed E-state index contributed by atoms with van der Waals surface area (Å²) in [6.07, 6.45) is 8.61. The molecule has 4 nitrogen and oxygen atoms in total. The summed E-state index contributed by atoms with van der Waals surface area (Å²) in [5, 5.41) is 0. The maximum atomic E-state index is 4.14. The van der Waals surface area contributed by atoms with Crippen molar-refractivity contribution in [3.63, 3.8) is 0 Å². The van der Waals surface area contributed by atoms with Crippen molar-refractivity contribution < 1.29 is 0 Å². The average molecular weight is 272 g/mol. The van der Waals surface area contributed by atoms with E-state index in [1.807, 2.05) is 18.5 Å². The molecule has 0 aromatic carbocycles. The average Bonchev–Trinajstić information content (AvgIpc) is 2.40. The molecule has 0 unspecified atom stereocenters. The van der Waals surface area contributed by atoms with Gasteiger partial charge in [-0.2, -0.15) is 0 Å². The minimum atomic E-state index is 0.142. The second-order valence-electron chi connectivity index (χ2n) is 6.72. The molecule has 2 rings (SSSR count). The van der Waals surface area contributed by atoms with E-state index in [2.05, 4.69) is 61.5 Å². The molecule has 4 heteroatoms. The van der Waals surface area contributed by atoms with Crippen LogP contribution in [0.15, 0.2) is 37.3 Å². The lowest BCUT2D eigenvalue weighted by molar-refractivity contribution is 0.567. The van der Waals surface area contributed by atoms with Crippen molar-refractivity contribution in [3.8, 4) is 0 Å². The molecular weight excluding hydrogens is 248 g/mol. The summed E-state index contributed by atoms with van der Waals surface area (Å²) in [6.45, 7) is 12.8. The molecule has 0 amide bonds. The lowest BCUT2D eigenvalue weighted by Crippen LogP contribution is -2.12. The van der Waals surface area contributed by atoms with Crippen LogP contribution in [0.5, 0.6) is 0 Å². The third-order valence-corrected chi connectivity index (χ3v) is 2.78. The van der Waals surface area contributed by atoms with E-state index in [4.69, 9.17) is 0 Å². The van der Waals surface area contributed by atoms with Crippen molar-refractivity contribution in [1.82, 2.24) is 19.9 Å². The van der Waals surface area contributed by atoms with Crippen molar-refractivity contribution in [2.45, 2.75) is 52.4 Å². The van der Waals surface area contributed by atoms with Crippen molar-refractivity contribution in [2.75, 3.05) is 0 Å². The molecule has 0 aliphatic carbocycles. The Kier molecular flexibility index (Phi) is 5.31. The molecule has 0 fully saturated rings. The first-order valence-electron chi connectivity index (χ1n) is 6.73. The van der Waals surface area contributed by atoms with Gasteiger partial charge in [0.2, 0.25) is 0 Å². The molecule has 0 atom stereocenters. The van der Waals surface area contributed by atoms with Gasteiger partial charge in [0, 0.05) is 29.7 Å². The van der Waals surface area contributed by atoms with Gasteiger partial charge in [-0.1, -0.05) is 41.5 Å². The highest BCUT2D eigenvalue weighted by Gasteiger charge is 2.14. The molecule has 0 bridgehead atoms. The van der Waals surface area contributed by atoms with Crippen molar-refractivity contribution >= 4 is 0 Å². The predicted molar refractivity (Wildman–Crippen MR) is 81.5 cm³/mol. The highest BCUT2D eigenvalue weighted by molar-refractivity contribution is 5.13. The first kappa shape index (κ1) is 16.2. The van der Waals surface area contributed by atoms with Crippen LogP contribution in [0.25, 0.3) is 0 Å². The Morgan fingerprint density at radius 1 is 0.750 bits per heavy atom. The van der Waals surface area contributed by atoms with Gasteiger partial charge in [0.05, 0.1) is 0 Å². The van der Waals surface area contributed by atoms with Gasteiger partial charge in [-0.25, -0.2) is 19.9 Å². The Labute approximate surface area is 121 Å². The van der Waals surface area contributed by atoms with E-state index >= 15 is 0 Å². The van der Waals surface area contributed by atoms with Gasteiger partial charge < -0.3 is 0 Å². The second kappa shape index (κ2) is 6.55. The SMILES string of the molecule is CC(C)(C)c1ccncn1.CC(C)(C)c1cncnc1. The van der Waals surface area contributed by atoms with Crippen molar-refractivity contribution in [2.24, 2.45) is 0 Å². The topological polar surface area (TPSA) is 51.6 Å². The van der Waals surface area contributed by atoms with Gasteiger partial charge in [-0.15, -0.1) is 0 Å². The normalized spacial score (nSPS) is 11.5. The number of rotatable bonds is 0. The second-order valence-corrected chi connectivity index (χ2v) is 6.72. The van der Waals surface area contributed by atoms with Gasteiger partial charge in [0.25, 0.3) is 0 Å². The van der Waals surface area contributed by atoms with E-state index in [9.17, 15) is 0 Å². The van der Waals surface area contributed by atoms with E-state index < -0.39 is 0 Å². The highest BCUT2D eigenvalue weighted by atomic mass is 14.8. The molecule has 20 heavy (non-hydrogen) atoms. The fraction of sp³-hybridized carbons (Fsp3) is 0.500. The van der Waals surface area contributed by atoms with E-state index in [0.717, 1.165) is 5.69 Å². The largest absolute Gasteiger partial charge is 0.245 e. The molecule has 0 N–H and O–H groups in total. The number of aromatic nitrogens is 4. The van der Waals surface area contributed by atoms with Crippen LogP contribution in [0.3, 0.4) is 0 Å². The van der Waals surface area contributed by atoms with Gasteiger partial charge in [-0.3, -0.25) is 0 Å². The third-order valence-electron chi connectivity index (χ3n) is 2.78. The van der Waals surface area contributed by atoms with Gasteiger partial charge in [-0.05, 0) is 17.0 Å². The lowest BCUT2D eigenvalue weighted by atomic mass is 9.89. The smallest absolute Gasteiger partial charge is 0.115 e. The Morgan fingerprint density at radius 3 is 1.65 bits per heavy atom. The lowest BCUT2D eigenvalue weighted by Gasteiger charge is -2.16. The van der Waals surface area contributed by atoms with E-state index in [1.165, 1.54) is 5.56 Å². The highest BCUT2D eigenvalue weighted by Crippen LogP contribution is 2.19. The summed E-state index contributed by atoms with van der Waals surface area (Å²) >= 11 is 0. The number of nitrogens with zero attached hydrogens (tertiary/aromatic N) is 4. The summed E-state index contributed by atoms with van der Waals surface area (Å²) in [5.74, 6) is 0. The predicted octanol–water partition coefficient (Wildman–Crippen LogP) is 3.55. The molecule has 108 valence electrons. The minimum absolute atomic E-state index is 0.142. The summed E-state index contributed by atoms with van der Waals surface area (Å²) in [4.78, 5) is 15.9. The van der Waals surface area contributed by atoms with Crippen LogP contribution in [0, 0.1) is 0 Å². The third kappa shape index (κ3) is 5.43. The molecule has 2 aromatic heterocycles. The molecule has 0 saturated heterocycles. The maximum absolute atomic E-state index is 4.14. The van der Waals surface area contributed by atoms with E-state index in [1.54, 1.807) is 18.9 Å². The van der Waals surface area contributed by atoms with Gasteiger partial charge >= 0.3 is 0 Å². The van der Waals surface area contributed by atoms with Crippen LogP contribution in [0.4, 0.5) is 0 Å². The Hall–Kier alpha value is -1.84. The van der Waals surface area contributed by atoms with Crippen LogP contribution >= 0.6 is 0 Å². The summed E-state index contributed by atoms with van der Waals surface area (Å²) in [6, 6.07) is 1.94. The molecule has 0 radical (unpaired) electrons. The Morgan fingerprint density at radius 2 is 1.35 bits per heavy atom. The molecule has 0 spiro atoms. The molecular formula is C16H24N4. The van der Waals surface area contributed by atoms with Crippen molar-refractivity contribution in [3.05, 3.63) is 48.6 Å². The van der Waals surface area contributed by atoms with E-state index in [0.29, 0.717) is 0 Å². The molecule has 2 aromatic rings. The minimum Gasteiger partial charge on any atom is -0.245 e. The Bertz CT molecular complexity index is 446. The summed E-state index contributed by atoms with van der Waals surface area (Å²) in [7, 11) is 0. The monoisotopic (exact) mass is 272 g/mol. The van der Waals surface area contributed by atoms with Crippen molar-refractivity contribution in [1.29, 1.82) is 0 Å². The standard InChI is InChI=1S/2C8H12N2/c1-8(2,3)7-4-9-6-10-5-7;1-8(2,3)7-4-5-9-6-10-7/h2*4-6H,1-3H3. The quantitative estimate of drug-likeness (QED) is 0.736. The van der Waals surface area contributed by atoms with Gasteiger partial charge in [0.1, 0.15) is 12.7 Å². The summed E-state index contributed by atoms with van der Waals surface area (Å²) in [5.41, 5.74) is 2.57. The zero-order chi connectivity index (χ0) is 15.2. The Balaban J connectivity index is 0.000000200.